The molecule has 1 aliphatic heterocycles. The molecule has 2 aromatic carbocycles. The van der Waals surface area contributed by atoms with Gasteiger partial charge in [0.25, 0.3) is 0 Å². The van der Waals surface area contributed by atoms with Gasteiger partial charge in [-0.05, 0) is 48.2 Å². The van der Waals surface area contributed by atoms with Gasteiger partial charge in [-0.3, -0.25) is 9.59 Å². The van der Waals surface area contributed by atoms with Gasteiger partial charge in [-0.15, -0.1) is 11.6 Å². The average Bonchev–Trinajstić information content (AvgIpc) is 3.28. The van der Waals surface area contributed by atoms with Crippen LogP contribution in [0.1, 0.15) is 49.3 Å². The maximum Gasteiger partial charge on any atom is 0.247 e. The summed E-state index contributed by atoms with van der Waals surface area (Å²) in [4.78, 5) is 27.8. The number of carbonyl (C=O) groups excluding carboxylic acids is 2. The zero-order chi connectivity index (χ0) is 22.5. The molecule has 8 heteroatoms. The summed E-state index contributed by atoms with van der Waals surface area (Å²) in [5.41, 5.74) is 1.30. The van der Waals surface area contributed by atoms with Gasteiger partial charge in [0.2, 0.25) is 18.6 Å². The van der Waals surface area contributed by atoms with Crippen molar-refractivity contribution in [3.63, 3.8) is 0 Å². The zero-order valence-corrected chi connectivity index (χ0v) is 18.4. The lowest BCUT2D eigenvalue weighted by Gasteiger charge is -2.33. The van der Waals surface area contributed by atoms with E-state index in [1.54, 1.807) is 12.1 Å². The standard InChI is InChI=1S/C24H26ClFN2O4/c25-13-22(29)28(14-16-6-11-20-21(12-16)32-15-31-20)23(17-7-9-18(26)10-8-17)24(30)27-19-4-2-1-3-5-19/h6-12,19,23H,1-5,13-15H2,(H,27,30)/t23-/m0/s1. The summed E-state index contributed by atoms with van der Waals surface area (Å²) in [6.45, 7) is 0.285. The third kappa shape index (κ3) is 5.15. The van der Waals surface area contributed by atoms with Crippen LogP contribution >= 0.6 is 11.6 Å². The van der Waals surface area contributed by atoms with Crippen LogP contribution in [0, 0.1) is 5.82 Å². The smallest absolute Gasteiger partial charge is 0.247 e. The molecule has 4 rings (SSSR count). The summed E-state index contributed by atoms with van der Waals surface area (Å²) in [7, 11) is 0. The highest BCUT2D eigenvalue weighted by atomic mass is 35.5. The Kier molecular flexibility index (Phi) is 7.15. The number of nitrogens with zero attached hydrogens (tertiary/aromatic N) is 1. The van der Waals surface area contributed by atoms with Crippen LogP contribution in [0.15, 0.2) is 42.5 Å². The molecule has 2 aliphatic rings. The quantitative estimate of drug-likeness (QED) is 0.625. The molecular weight excluding hydrogens is 435 g/mol. The number of alkyl halides is 1. The second-order valence-electron chi connectivity index (χ2n) is 8.14. The second-order valence-corrected chi connectivity index (χ2v) is 8.41. The Bertz CT molecular complexity index is 963. The number of halogens is 2. The number of fused-ring (bicyclic) bond motifs is 1. The van der Waals surface area contributed by atoms with Gasteiger partial charge < -0.3 is 19.7 Å². The van der Waals surface area contributed by atoms with Gasteiger partial charge in [0.15, 0.2) is 11.5 Å². The highest BCUT2D eigenvalue weighted by Gasteiger charge is 2.33. The molecule has 6 nitrogen and oxygen atoms in total. The van der Waals surface area contributed by atoms with Gasteiger partial charge in [0.1, 0.15) is 17.7 Å². The summed E-state index contributed by atoms with van der Waals surface area (Å²) in [5, 5.41) is 3.10. The Balaban J connectivity index is 1.64. The van der Waals surface area contributed by atoms with E-state index in [2.05, 4.69) is 5.32 Å². The molecule has 0 radical (unpaired) electrons. The Morgan fingerprint density at radius 2 is 1.78 bits per heavy atom. The van der Waals surface area contributed by atoms with Crippen molar-refractivity contribution in [1.29, 1.82) is 0 Å². The Labute approximate surface area is 191 Å². The summed E-state index contributed by atoms with van der Waals surface area (Å²) in [6, 6.07) is 10.2. The molecule has 170 valence electrons. The van der Waals surface area contributed by atoms with Gasteiger partial charge in [-0.1, -0.05) is 37.5 Å². The average molecular weight is 461 g/mol. The third-order valence-corrected chi connectivity index (χ3v) is 6.15. The fourth-order valence-corrected chi connectivity index (χ4v) is 4.43. The second kappa shape index (κ2) is 10.2. The molecule has 2 aromatic rings. The summed E-state index contributed by atoms with van der Waals surface area (Å²) in [5.74, 6) is -0.148. The van der Waals surface area contributed by atoms with Crippen LogP contribution in [0.3, 0.4) is 0 Å². The number of rotatable bonds is 7. The molecule has 1 saturated carbocycles. The topological polar surface area (TPSA) is 67.9 Å². The van der Waals surface area contributed by atoms with E-state index in [0.717, 1.165) is 37.7 Å². The van der Waals surface area contributed by atoms with Crippen molar-refractivity contribution in [3.05, 3.63) is 59.4 Å². The summed E-state index contributed by atoms with van der Waals surface area (Å²) < 4.78 is 24.4. The first-order chi connectivity index (χ1) is 15.5. The number of hydrogen-bond acceptors (Lipinski definition) is 4. The Morgan fingerprint density at radius 1 is 1.06 bits per heavy atom. The van der Waals surface area contributed by atoms with Crippen molar-refractivity contribution in [2.75, 3.05) is 12.7 Å². The van der Waals surface area contributed by atoms with E-state index >= 15 is 0 Å². The number of nitrogens with one attached hydrogen (secondary N) is 1. The molecule has 32 heavy (non-hydrogen) atoms. The minimum absolute atomic E-state index is 0.0673. The highest BCUT2D eigenvalue weighted by molar-refractivity contribution is 6.27. The molecule has 1 N–H and O–H groups in total. The highest BCUT2D eigenvalue weighted by Crippen LogP contribution is 2.34. The van der Waals surface area contributed by atoms with Crippen LogP contribution < -0.4 is 14.8 Å². The van der Waals surface area contributed by atoms with Crippen LogP contribution in [0.2, 0.25) is 0 Å². The SMILES string of the molecule is O=C(NC1CCCCC1)[C@H](c1ccc(F)cc1)N(Cc1ccc2c(c1)OCO2)C(=O)CCl. The van der Waals surface area contributed by atoms with Crippen molar-refractivity contribution in [1.82, 2.24) is 10.2 Å². The molecule has 1 atom stereocenters. The lowest BCUT2D eigenvalue weighted by molar-refractivity contribution is -0.140. The van der Waals surface area contributed by atoms with E-state index in [9.17, 15) is 14.0 Å². The predicted molar refractivity (Wildman–Crippen MR) is 118 cm³/mol. The summed E-state index contributed by atoms with van der Waals surface area (Å²) >= 11 is 5.93. The van der Waals surface area contributed by atoms with Crippen molar-refractivity contribution < 1.29 is 23.5 Å². The van der Waals surface area contributed by atoms with Crippen molar-refractivity contribution in [2.45, 2.75) is 50.7 Å². The maximum atomic E-state index is 13.6. The number of hydrogen-bond donors (Lipinski definition) is 1. The van der Waals surface area contributed by atoms with E-state index in [0.29, 0.717) is 17.1 Å². The Hall–Kier alpha value is -2.80. The molecule has 0 aromatic heterocycles. The first-order valence-electron chi connectivity index (χ1n) is 10.8. The molecule has 1 aliphatic carbocycles. The lowest BCUT2D eigenvalue weighted by atomic mass is 9.94. The minimum atomic E-state index is -0.936. The van der Waals surface area contributed by atoms with E-state index in [4.69, 9.17) is 21.1 Å². The minimum Gasteiger partial charge on any atom is -0.454 e. The molecule has 2 amide bonds. The van der Waals surface area contributed by atoms with Gasteiger partial charge >= 0.3 is 0 Å². The number of ether oxygens (including phenoxy) is 2. The molecule has 0 saturated heterocycles. The largest absolute Gasteiger partial charge is 0.454 e. The third-order valence-electron chi connectivity index (χ3n) is 5.92. The number of amides is 2. The molecule has 1 heterocycles. The fraction of sp³-hybridized carbons (Fsp3) is 0.417. The van der Waals surface area contributed by atoms with E-state index in [1.165, 1.54) is 29.2 Å². The van der Waals surface area contributed by atoms with Crippen LogP contribution in [0.4, 0.5) is 4.39 Å². The Morgan fingerprint density at radius 3 is 2.50 bits per heavy atom. The van der Waals surface area contributed by atoms with Gasteiger partial charge in [-0.2, -0.15) is 0 Å². The van der Waals surface area contributed by atoms with Crippen LogP contribution in [0.5, 0.6) is 11.5 Å². The van der Waals surface area contributed by atoms with Gasteiger partial charge in [0.05, 0.1) is 0 Å². The summed E-state index contributed by atoms with van der Waals surface area (Å²) in [6.07, 6.45) is 5.11. The van der Waals surface area contributed by atoms with Crippen LogP contribution in [0.25, 0.3) is 0 Å². The number of benzene rings is 2. The molecule has 0 unspecified atom stereocenters. The normalized spacial score (nSPS) is 16.4. The molecular formula is C24H26ClFN2O4. The van der Waals surface area contributed by atoms with Gasteiger partial charge in [-0.25, -0.2) is 4.39 Å². The fourth-order valence-electron chi connectivity index (χ4n) is 4.28. The maximum absolute atomic E-state index is 13.6. The molecule has 0 spiro atoms. The number of carbonyl (C=O) groups is 2. The zero-order valence-electron chi connectivity index (χ0n) is 17.7. The first-order valence-corrected chi connectivity index (χ1v) is 11.4. The van der Waals surface area contributed by atoms with Crippen molar-refractivity contribution >= 4 is 23.4 Å². The monoisotopic (exact) mass is 460 g/mol. The van der Waals surface area contributed by atoms with Crippen LogP contribution in [-0.2, 0) is 16.1 Å². The van der Waals surface area contributed by atoms with E-state index < -0.39 is 17.8 Å². The molecule has 1 fully saturated rings. The molecule has 0 bridgehead atoms. The van der Waals surface area contributed by atoms with Crippen molar-refractivity contribution in [2.24, 2.45) is 0 Å². The lowest BCUT2D eigenvalue weighted by Crippen LogP contribution is -2.47. The van der Waals surface area contributed by atoms with E-state index in [-0.39, 0.29) is 31.2 Å². The first kappa shape index (κ1) is 22.4. The van der Waals surface area contributed by atoms with Gasteiger partial charge in [0, 0.05) is 12.6 Å². The van der Waals surface area contributed by atoms with E-state index in [1.807, 2.05) is 6.07 Å². The predicted octanol–water partition coefficient (Wildman–Crippen LogP) is 4.31. The van der Waals surface area contributed by atoms with Crippen LogP contribution in [-0.4, -0.2) is 35.4 Å². The van der Waals surface area contributed by atoms with Crippen molar-refractivity contribution in [3.8, 4) is 11.5 Å².